The van der Waals surface area contributed by atoms with Crippen LogP contribution in [0.25, 0.3) is 17.0 Å². The van der Waals surface area contributed by atoms with Gasteiger partial charge in [-0.2, -0.15) is 0 Å². The summed E-state index contributed by atoms with van der Waals surface area (Å²) < 4.78 is 100. The Hall–Kier alpha value is -3.13. The van der Waals surface area contributed by atoms with E-state index in [0.29, 0.717) is 30.5 Å². The first-order valence-corrected chi connectivity index (χ1v) is 10.5. The number of hydrogen-bond donors (Lipinski definition) is 0. The van der Waals surface area contributed by atoms with Crippen molar-refractivity contribution in [2.75, 3.05) is 13.2 Å². The SMILES string of the molecule is CCOC/C(F)=C(\F)c1ccc(CCc2ccc(-c3cc(F)c(C(F)F)c(F)c3)c(F)c2)cc1. The number of hydrogen-bond acceptors (Lipinski definition) is 1. The molecule has 0 spiro atoms. The minimum Gasteiger partial charge on any atom is -0.375 e. The van der Waals surface area contributed by atoms with Gasteiger partial charge in [0.25, 0.3) is 6.43 Å². The smallest absolute Gasteiger partial charge is 0.269 e. The summed E-state index contributed by atoms with van der Waals surface area (Å²) in [6, 6.07) is 11.6. The Morgan fingerprint density at radius 2 is 1.38 bits per heavy atom. The van der Waals surface area contributed by atoms with Gasteiger partial charge < -0.3 is 4.74 Å². The van der Waals surface area contributed by atoms with Crippen LogP contribution in [0.3, 0.4) is 0 Å². The van der Waals surface area contributed by atoms with Crippen molar-refractivity contribution in [3.05, 3.63) is 100 Å². The van der Waals surface area contributed by atoms with Crippen molar-refractivity contribution in [1.29, 1.82) is 0 Å². The highest BCUT2D eigenvalue weighted by atomic mass is 19.3. The van der Waals surface area contributed by atoms with E-state index in [1.165, 1.54) is 24.3 Å². The highest BCUT2D eigenvalue weighted by Gasteiger charge is 2.21. The molecule has 0 N–H and O–H groups in total. The molecule has 0 heterocycles. The van der Waals surface area contributed by atoms with Gasteiger partial charge in [0.15, 0.2) is 11.7 Å². The number of rotatable bonds is 9. The average molecular weight is 482 g/mol. The Morgan fingerprint density at radius 1 is 0.794 bits per heavy atom. The van der Waals surface area contributed by atoms with Gasteiger partial charge in [0.2, 0.25) is 0 Å². The Bertz CT molecular complexity index is 1150. The summed E-state index contributed by atoms with van der Waals surface area (Å²) >= 11 is 0. The topological polar surface area (TPSA) is 9.23 Å². The maximum absolute atomic E-state index is 14.6. The van der Waals surface area contributed by atoms with Gasteiger partial charge in [-0.1, -0.05) is 36.4 Å². The monoisotopic (exact) mass is 482 g/mol. The largest absolute Gasteiger partial charge is 0.375 e. The molecule has 0 saturated heterocycles. The van der Waals surface area contributed by atoms with Crippen LogP contribution < -0.4 is 0 Å². The second kappa shape index (κ2) is 11.3. The van der Waals surface area contributed by atoms with E-state index in [2.05, 4.69) is 0 Å². The van der Waals surface area contributed by atoms with Crippen LogP contribution >= 0.6 is 0 Å². The fraction of sp³-hybridized carbons (Fsp3) is 0.231. The van der Waals surface area contributed by atoms with Crippen molar-refractivity contribution in [2.24, 2.45) is 0 Å². The summed E-state index contributed by atoms with van der Waals surface area (Å²) in [5.41, 5.74) is -0.191. The zero-order chi connectivity index (χ0) is 24.8. The van der Waals surface area contributed by atoms with Crippen LogP contribution in [0.15, 0.2) is 60.4 Å². The van der Waals surface area contributed by atoms with Gasteiger partial charge in [-0.05, 0) is 54.7 Å². The molecule has 0 aliphatic heterocycles. The molecule has 34 heavy (non-hydrogen) atoms. The number of aryl methyl sites for hydroxylation is 2. The number of alkyl halides is 2. The molecule has 0 aliphatic carbocycles. The lowest BCUT2D eigenvalue weighted by molar-refractivity contribution is 0.141. The molecule has 8 heteroatoms. The van der Waals surface area contributed by atoms with Crippen LogP contribution in [0.2, 0.25) is 0 Å². The van der Waals surface area contributed by atoms with Crippen molar-refractivity contribution in [3.63, 3.8) is 0 Å². The second-order valence-corrected chi connectivity index (χ2v) is 7.52. The molecule has 0 atom stereocenters. The second-order valence-electron chi connectivity index (χ2n) is 7.52. The molecule has 1 nitrogen and oxygen atoms in total. The summed E-state index contributed by atoms with van der Waals surface area (Å²) in [5, 5.41) is 0. The fourth-order valence-electron chi connectivity index (χ4n) is 3.41. The van der Waals surface area contributed by atoms with E-state index in [1.54, 1.807) is 25.1 Å². The van der Waals surface area contributed by atoms with E-state index in [9.17, 15) is 30.7 Å². The van der Waals surface area contributed by atoms with Crippen molar-refractivity contribution in [1.82, 2.24) is 0 Å². The van der Waals surface area contributed by atoms with Crippen molar-refractivity contribution < 1.29 is 35.5 Å². The maximum atomic E-state index is 14.6. The molecule has 0 radical (unpaired) electrons. The Balaban J connectivity index is 1.70. The third kappa shape index (κ3) is 6.05. The highest BCUT2D eigenvalue weighted by molar-refractivity contribution is 5.65. The van der Waals surface area contributed by atoms with E-state index in [1.807, 2.05) is 0 Å². The van der Waals surface area contributed by atoms with Gasteiger partial charge in [-0.3, -0.25) is 0 Å². The van der Waals surface area contributed by atoms with Crippen LogP contribution in [0, 0.1) is 17.5 Å². The van der Waals surface area contributed by atoms with E-state index in [4.69, 9.17) is 4.74 Å². The average Bonchev–Trinajstić information content (AvgIpc) is 2.80. The lowest BCUT2D eigenvalue weighted by Crippen LogP contribution is -1.99. The molecule has 180 valence electrons. The predicted octanol–water partition coefficient (Wildman–Crippen LogP) is 8.14. The molecular formula is C26H21F7O. The lowest BCUT2D eigenvalue weighted by atomic mass is 9.98. The van der Waals surface area contributed by atoms with Crippen LogP contribution in [-0.4, -0.2) is 13.2 Å². The summed E-state index contributed by atoms with van der Waals surface area (Å²) in [7, 11) is 0. The zero-order valence-electron chi connectivity index (χ0n) is 18.2. The van der Waals surface area contributed by atoms with Crippen molar-refractivity contribution >= 4 is 5.83 Å². The maximum Gasteiger partial charge on any atom is 0.269 e. The van der Waals surface area contributed by atoms with Crippen LogP contribution in [0.1, 0.15) is 35.6 Å². The van der Waals surface area contributed by atoms with E-state index in [-0.39, 0.29) is 23.3 Å². The zero-order valence-corrected chi connectivity index (χ0v) is 18.2. The Kier molecular flexibility index (Phi) is 8.50. The first-order valence-electron chi connectivity index (χ1n) is 10.5. The van der Waals surface area contributed by atoms with E-state index < -0.39 is 47.7 Å². The van der Waals surface area contributed by atoms with Gasteiger partial charge in [0.1, 0.15) is 24.1 Å². The summed E-state index contributed by atoms with van der Waals surface area (Å²) in [6.45, 7) is 1.49. The highest BCUT2D eigenvalue weighted by Crippen LogP contribution is 2.32. The van der Waals surface area contributed by atoms with E-state index in [0.717, 1.165) is 5.56 Å². The molecule has 0 fully saturated rings. The molecular weight excluding hydrogens is 461 g/mol. The number of ether oxygens (including phenoxy) is 1. The molecule has 0 aliphatic rings. The minimum atomic E-state index is -3.32. The minimum absolute atomic E-state index is 0.0775. The lowest BCUT2D eigenvalue weighted by Gasteiger charge is -2.10. The molecule has 0 amide bonds. The molecule has 3 rings (SSSR count). The summed E-state index contributed by atoms with van der Waals surface area (Å²) in [6.07, 6.45) is -2.45. The van der Waals surface area contributed by atoms with Crippen LogP contribution in [0.5, 0.6) is 0 Å². The first kappa shape index (κ1) is 25.5. The number of benzene rings is 3. The van der Waals surface area contributed by atoms with Gasteiger partial charge in [-0.25, -0.2) is 30.7 Å². The first-order chi connectivity index (χ1) is 16.2. The number of halogens is 7. The molecule has 3 aromatic rings. The molecule has 0 aromatic heterocycles. The van der Waals surface area contributed by atoms with Crippen LogP contribution in [-0.2, 0) is 17.6 Å². The summed E-state index contributed by atoms with van der Waals surface area (Å²) in [4.78, 5) is 0. The van der Waals surface area contributed by atoms with E-state index >= 15 is 0 Å². The fourth-order valence-corrected chi connectivity index (χ4v) is 3.41. The quantitative estimate of drug-likeness (QED) is 0.280. The normalized spacial score (nSPS) is 12.3. The Labute approximate surface area is 192 Å². The van der Waals surface area contributed by atoms with Gasteiger partial charge >= 0.3 is 0 Å². The van der Waals surface area contributed by atoms with Gasteiger partial charge in [0.05, 0.1) is 5.56 Å². The van der Waals surface area contributed by atoms with Gasteiger partial charge in [-0.15, -0.1) is 0 Å². The third-order valence-electron chi connectivity index (χ3n) is 5.22. The molecule has 0 saturated carbocycles. The van der Waals surface area contributed by atoms with Crippen molar-refractivity contribution in [3.8, 4) is 11.1 Å². The predicted molar refractivity (Wildman–Crippen MR) is 116 cm³/mol. The third-order valence-corrected chi connectivity index (χ3v) is 5.22. The van der Waals surface area contributed by atoms with Gasteiger partial charge in [0, 0.05) is 17.7 Å². The molecule has 3 aromatic carbocycles. The molecule has 0 unspecified atom stereocenters. The summed E-state index contributed by atoms with van der Waals surface area (Å²) in [5.74, 6) is -5.63. The molecule has 0 bridgehead atoms. The van der Waals surface area contributed by atoms with Crippen LogP contribution in [0.4, 0.5) is 30.7 Å². The van der Waals surface area contributed by atoms with Crippen molar-refractivity contribution in [2.45, 2.75) is 26.2 Å². The standard InChI is InChI=1S/C26H21F7O/c1-2-34-14-23(30)25(31)17-8-5-15(6-9-17)3-4-16-7-10-19(20(27)11-16)18-12-21(28)24(26(32)33)22(29)13-18/h5-13,26H,2-4,14H2,1H3/b25-23+. The Morgan fingerprint density at radius 3 is 1.94 bits per heavy atom.